The first kappa shape index (κ1) is 19.5. The number of hydrogen-bond donors (Lipinski definition) is 2. The van der Waals surface area contributed by atoms with Gasteiger partial charge < -0.3 is 20.9 Å². The van der Waals surface area contributed by atoms with Gasteiger partial charge in [-0.1, -0.05) is 19.8 Å². The molecule has 0 bridgehead atoms. The van der Waals surface area contributed by atoms with Gasteiger partial charge in [0.2, 0.25) is 5.72 Å². The molecule has 3 atom stereocenters. The second-order valence-corrected chi connectivity index (χ2v) is 6.44. The normalized spacial score (nSPS) is 23.2. The Morgan fingerprint density at radius 2 is 2.27 bits per heavy atom. The summed E-state index contributed by atoms with van der Waals surface area (Å²) in [7, 11) is 0. The number of nitrogen functional groups attached to an aromatic ring is 1. The number of carbonyl (C=O) groups is 1. The van der Waals surface area contributed by atoms with E-state index in [1.54, 1.807) is 0 Å². The van der Waals surface area contributed by atoms with Crippen molar-refractivity contribution < 1.29 is 14.3 Å². The summed E-state index contributed by atoms with van der Waals surface area (Å²) in [4.78, 5) is 27.8. The molecule has 1 aliphatic rings. The lowest BCUT2D eigenvalue weighted by atomic mass is 10.1. The third-order valence-electron chi connectivity index (χ3n) is 4.30. The topological polar surface area (TPSA) is 122 Å². The zero-order valence-corrected chi connectivity index (χ0v) is 14.8. The summed E-state index contributed by atoms with van der Waals surface area (Å²) in [6, 6.07) is -0.712. The van der Waals surface area contributed by atoms with Gasteiger partial charge in [-0.2, -0.15) is 4.98 Å². The maximum atomic E-state index is 12.2. The Bertz CT molecular complexity index is 833. The molecule has 0 spiro atoms. The van der Waals surface area contributed by atoms with E-state index in [0.29, 0.717) is 12.8 Å². The maximum absolute atomic E-state index is 12.2. The van der Waals surface area contributed by atoms with Gasteiger partial charge in [-0.15, -0.1) is 12.8 Å². The summed E-state index contributed by atoms with van der Waals surface area (Å²) in [5, 5.41) is 0. The van der Waals surface area contributed by atoms with Crippen LogP contribution in [-0.4, -0.2) is 34.3 Å². The molecule has 1 aromatic rings. The van der Waals surface area contributed by atoms with Crippen molar-refractivity contribution in [1.82, 2.24) is 9.55 Å². The number of aromatic nitrogens is 2. The maximum Gasteiger partial charge on any atom is 0.352 e. The average molecular weight is 358 g/mol. The summed E-state index contributed by atoms with van der Waals surface area (Å²) in [6.45, 7) is 3.64. The highest BCUT2D eigenvalue weighted by atomic mass is 16.6. The van der Waals surface area contributed by atoms with E-state index in [2.05, 4.69) is 16.8 Å². The van der Waals surface area contributed by atoms with Gasteiger partial charge in [0.1, 0.15) is 18.5 Å². The Balaban J connectivity index is 2.16. The molecular weight excluding hydrogens is 336 g/mol. The van der Waals surface area contributed by atoms with Crippen LogP contribution < -0.4 is 17.2 Å². The third-order valence-corrected chi connectivity index (χ3v) is 4.30. The minimum Gasteiger partial charge on any atom is -0.462 e. The summed E-state index contributed by atoms with van der Waals surface area (Å²) in [5.41, 5.74) is 9.57. The van der Waals surface area contributed by atoms with E-state index in [0.717, 1.165) is 4.57 Å². The van der Waals surface area contributed by atoms with Gasteiger partial charge in [0, 0.05) is 12.6 Å². The molecule has 8 heteroatoms. The van der Waals surface area contributed by atoms with E-state index in [4.69, 9.17) is 33.8 Å². The van der Waals surface area contributed by atoms with Crippen molar-refractivity contribution in [3.63, 3.8) is 0 Å². The minimum atomic E-state index is -1.36. The average Bonchev–Trinajstić information content (AvgIpc) is 3.03. The largest absolute Gasteiger partial charge is 0.462 e. The first-order valence-corrected chi connectivity index (χ1v) is 8.18. The number of ether oxygens (including phenoxy) is 2. The van der Waals surface area contributed by atoms with Crippen LogP contribution >= 0.6 is 0 Å². The van der Waals surface area contributed by atoms with E-state index in [9.17, 15) is 9.59 Å². The Labute approximate surface area is 151 Å². The van der Waals surface area contributed by atoms with Gasteiger partial charge >= 0.3 is 11.7 Å². The third kappa shape index (κ3) is 3.72. The second-order valence-electron chi connectivity index (χ2n) is 6.44. The Morgan fingerprint density at radius 1 is 1.58 bits per heavy atom. The van der Waals surface area contributed by atoms with Gasteiger partial charge in [-0.3, -0.25) is 9.36 Å². The van der Waals surface area contributed by atoms with Crippen LogP contribution in [0.5, 0.6) is 0 Å². The molecule has 1 fully saturated rings. The lowest BCUT2D eigenvalue weighted by Crippen LogP contribution is -2.42. The summed E-state index contributed by atoms with van der Waals surface area (Å²) >= 11 is 0. The predicted molar refractivity (Wildman–Crippen MR) is 95.5 cm³/mol. The highest BCUT2D eigenvalue weighted by Gasteiger charge is 2.42. The molecule has 0 aliphatic carbocycles. The second kappa shape index (κ2) is 7.61. The van der Waals surface area contributed by atoms with Gasteiger partial charge in [-0.25, -0.2) is 4.79 Å². The van der Waals surface area contributed by atoms with E-state index in [1.165, 1.54) is 6.20 Å². The van der Waals surface area contributed by atoms with Crippen molar-refractivity contribution >= 4 is 11.8 Å². The van der Waals surface area contributed by atoms with Crippen molar-refractivity contribution in [2.75, 3.05) is 12.3 Å². The van der Waals surface area contributed by atoms with Gasteiger partial charge in [-0.05, 0) is 18.3 Å². The highest BCUT2D eigenvalue weighted by Crippen LogP contribution is 2.34. The van der Waals surface area contributed by atoms with E-state index in [1.807, 2.05) is 13.8 Å². The molecule has 2 rings (SSSR count). The molecule has 138 valence electrons. The Kier molecular flexibility index (Phi) is 5.71. The number of terminal acetylenes is 2. The van der Waals surface area contributed by atoms with Crippen LogP contribution in [-0.2, 0) is 20.0 Å². The first-order chi connectivity index (χ1) is 12.2. The summed E-state index contributed by atoms with van der Waals surface area (Å²) < 4.78 is 12.2. The van der Waals surface area contributed by atoms with Crippen molar-refractivity contribution in [2.24, 2.45) is 11.7 Å². The number of rotatable bonds is 5. The highest BCUT2D eigenvalue weighted by molar-refractivity contribution is 5.75. The molecule has 4 N–H and O–H groups in total. The van der Waals surface area contributed by atoms with Gasteiger partial charge in [0.25, 0.3) is 0 Å². The molecule has 3 unspecified atom stereocenters. The SMILES string of the molecule is C#Cc1cn(C2(C#C)CCC(COC(=O)C(N)C(C)C)O2)c(=O)nc1N. The van der Waals surface area contributed by atoms with E-state index in [-0.39, 0.29) is 23.9 Å². The standard InChI is InChI=1S/C18H22N4O4/c1-5-12-9-22(17(24)21-15(12)20)18(6-2)8-7-13(26-18)10-25-16(23)14(19)11(3)4/h1-2,9,11,13-14H,7-8,10,19H2,3-4H3,(H2,20,21,24). The van der Waals surface area contributed by atoms with Gasteiger partial charge in [0.15, 0.2) is 0 Å². The lowest BCUT2D eigenvalue weighted by molar-refractivity contribution is -0.153. The Hall–Kier alpha value is -2.81. The zero-order valence-electron chi connectivity index (χ0n) is 14.8. The van der Waals surface area contributed by atoms with Crippen LogP contribution in [0.15, 0.2) is 11.0 Å². The Morgan fingerprint density at radius 3 is 2.85 bits per heavy atom. The molecule has 1 saturated heterocycles. The van der Waals surface area contributed by atoms with Crippen molar-refractivity contribution in [1.29, 1.82) is 0 Å². The fraction of sp³-hybridized carbons (Fsp3) is 0.500. The quantitative estimate of drug-likeness (QED) is 0.552. The van der Waals surface area contributed by atoms with Crippen LogP contribution in [0, 0.1) is 30.6 Å². The number of hydrogen-bond acceptors (Lipinski definition) is 7. The number of anilines is 1. The minimum absolute atomic E-state index is 0.0121. The molecule has 0 amide bonds. The number of nitrogens with zero attached hydrogens (tertiary/aromatic N) is 2. The van der Waals surface area contributed by atoms with Crippen LogP contribution in [0.2, 0.25) is 0 Å². The van der Waals surface area contributed by atoms with Crippen LogP contribution in [0.3, 0.4) is 0 Å². The zero-order chi connectivity index (χ0) is 19.5. The monoisotopic (exact) mass is 358 g/mol. The molecule has 1 aromatic heterocycles. The van der Waals surface area contributed by atoms with Crippen molar-refractivity contribution in [3.05, 3.63) is 22.2 Å². The fourth-order valence-corrected chi connectivity index (χ4v) is 2.60. The molecular formula is C18H22N4O4. The molecule has 0 radical (unpaired) electrons. The summed E-state index contributed by atoms with van der Waals surface area (Å²) in [5.74, 6) is 4.23. The first-order valence-electron chi connectivity index (χ1n) is 8.18. The number of esters is 1. The predicted octanol–water partition coefficient (Wildman–Crippen LogP) is -0.202. The lowest BCUT2D eigenvalue weighted by Gasteiger charge is -2.26. The van der Waals surface area contributed by atoms with Crippen LogP contribution in [0.25, 0.3) is 0 Å². The fourth-order valence-electron chi connectivity index (χ4n) is 2.60. The van der Waals surface area contributed by atoms with Gasteiger partial charge in [0.05, 0.1) is 11.7 Å². The molecule has 0 saturated carbocycles. The van der Waals surface area contributed by atoms with E-state index < -0.39 is 29.5 Å². The number of carbonyl (C=O) groups excluding carboxylic acids is 1. The van der Waals surface area contributed by atoms with Crippen LogP contribution in [0.4, 0.5) is 5.82 Å². The molecule has 26 heavy (non-hydrogen) atoms. The number of nitrogens with two attached hydrogens (primary N) is 2. The molecule has 0 aromatic carbocycles. The molecule has 8 nitrogen and oxygen atoms in total. The summed E-state index contributed by atoms with van der Waals surface area (Å²) in [6.07, 6.45) is 12.7. The smallest absolute Gasteiger partial charge is 0.352 e. The van der Waals surface area contributed by atoms with E-state index >= 15 is 0 Å². The van der Waals surface area contributed by atoms with Crippen molar-refractivity contribution in [3.8, 4) is 24.7 Å². The molecule has 2 heterocycles. The van der Waals surface area contributed by atoms with Crippen molar-refractivity contribution in [2.45, 2.75) is 44.6 Å². The molecule has 1 aliphatic heterocycles. The van der Waals surface area contributed by atoms with Crippen LogP contribution in [0.1, 0.15) is 32.3 Å².